The van der Waals surface area contributed by atoms with Gasteiger partial charge >= 0.3 is 7.12 Å². The van der Waals surface area contributed by atoms with Crippen molar-refractivity contribution in [3.05, 3.63) is 91.0 Å². The van der Waals surface area contributed by atoms with Crippen molar-refractivity contribution in [3.63, 3.8) is 0 Å². The number of furan rings is 1. The molecule has 4 heteroatoms. The molecule has 176 valence electrons. The third-order valence-electron chi connectivity index (χ3n) is 8.08. The highest BCUT2D eigenvalue weighted by atomic mass is 16.7. The van der Waals surface area contributed by atoms with Crippen LogP contribution in [0.4, 0.5) is 0 Å². The standard InChI is InChI=1S/C32H27BO3/c1-31(2)32(3,4)36-33(35-31)27-17-23(25-15-9-13-20-10-7-8-14-24(20)25)19-29-30(27)26-16-21-11-5-6-12-22(21)18-28(26)34-29/h5-19H,1-4H3. The number of fused-ring (bicyclic) bond motifs is 5. The normalized spacial score (nSPS) is 17.1. The van der Waals surface area contributed by atoms with E-state index < -0.39 is 18.3 Å². The zero-order chi connectivity index (χ0) is 24.7. The Morgan fingerprint density at radius 2 is 1.22 bits per heavy atom. The minimum absolute atomic E-state index is 0.439. The second-order valence-electron chi connectivity index (χ2n) is 10.9. The Morgan fingerprint density at radius 3 is 1.97 bits per heavy atom. The van der Waals surface area contributed by atoms with Gasteiger partial charge in [0, 0.05) is 10.8 Å². The Hall–Kier alpha value is -3.60. The molecule has 3 nitrogen and oxygen atoms in total. The first-order valence-electron chi connectivity index (χ1n) is 12.5. The Kier molecular flexibility index (Phi) is 4.49. The second kappa shape index (κ2) is 7.46. The van der Waals surface area contributed by atoms with E-state index in [1.54, 1.807) is 0 Å². The van der Waals surface area contributed by atoms with Gasteiger partial charge in [-0.05, 0) is 84.0 Å². The quantitative estimate of drug-likeness (QED) is 0.242. The Morgan fingerprint density at radius 1 is 0.583 bits per heavy atom. The number of hydrogen-bond acceptors (Lipinski definition) is 3. The lowest BCUT2D eigenvalue weighted by Gasteiger charge is -2.32. The van der Waals surface area contributed by atoms with Gasteiger partial charge in [-0.1, -0.05) is 72.8 Å². The minimum atomic E-state index is -0.500. The van der Waals surface area contributed by atoms with E-state index in [9.17, 15) is 0 Å². The molecule has 0 radical (unpaired) electrons. The molecule has 0 bridgehead atoms. The Bertz CT molecular complexity index is 1790. The summed E-state index contributed by atoms with van der Waals surface area (Å²) in [6.45, 7) is 8.39. The predicted octanol–water partition coefficient (Wildman–Crippen LogP) is 7.86. The molecule has 36 heavy (non-hydrogen) atoms. The molecule has 1 aliphatic heterocycles. The van der Waals surface area contributed by atoms with Crippen LogP contribution in [0.3, 0.4) is 0 Å². The number of hydrogen-bond donors (Lipinski definition) is 0. The van der Waals surface area contributed by atoms with Crippen molar-refractivity contribution in [2.45, 2.75) is 38.9 Å². The Labute approximate surface area is 210 Å². The van der Waals surface area contributed by atoms with E-state index in [1.807, 2.05) is 0 Å². The lowest BCUT2D eigenvalue weighted by atomic mass is 9.75. The van der Waals surface area contributed by atoms with Gasteiger partial charge in [-0.15, -0.1) is 0 Å². The van der Waals surface area contributed by atoms with Crippen molar-refractivity contribution < 1.29 is 13.7 Å². The van der Waals surface area contributed by atoms with E-state index in [0.29, 0.717) is 0 Å². The van der Waals surface area contributed by atoms with Gasteiger partial charge in [0.05, 0.1) is 11.2 Å². The van der Waals surface area contributed by atoms with Crippen LogP contribution >= 0.6 is 0 Å². The van der Waals surface area contributed by atoms with Crippen LogP contribution in [-0.4, -0.2) is 18.3 Å². The predicted molar refractivity (Wildman–Crippen MR) is 150 cm³/mol. The molecule has 0 unspecified atom stereocenters. The zero-order valence-corrected chi connectivity index (χ0v) is 21.0. The fourth-order valence-electron chi connectivity index (χ4n) is 5.41. The second-order valence-corrected chi connectivity index (χ2v) is 10.9. The molecule has 0 saturated carbocycles. The molecule has 0 atom stereocenters. The maximum atomic E-state index is 6.58. The van der Waals surface area contributed by atoms with E-state index in [4.69, 9.17) is 13.7 Å². The van der Waals surface area contributed by atoms with Crippen molar-refractivity contribution in [1.29, 1.82) is 0 Å². The van der Waals surface area contributed by atoms with Gasteiger partial charge in [-0.25, -0.2) is 0 Å². The van der Waals surface area contributed by atoms with Gasteiger partial charge in [0.25, 0.3) is 0 Å². The van der Waals surface area contributed by atoms with Crippen LogP contribution in [0.25, 0.3) is 54.6 Å². The summed E-state index contributed by atoms with van der Waals surface area (Å²) in [5.41, 5.74) is 4.10. The van der Waals surface area contributed by atoms with E-state index in [-0.39, 0.29) is 0 Å². The highest BCUT2D eigenvalue weighted by Gasteiger charge is 2.52. The summed E-state index contributed by atoms with van der Waals surface area (Å²) in [5, 5.41) is 6.90. The van der Waals surface area contributed by atoms with Crippen LogP contribution in [0.5, 0.6) is 0 Å². The average molecular weight is 470 g/mol. The lowest BCUT2D eigenvalue weighted by Crippen LogP contribution is -2.41. The fourth-order valence-corrected chi connectivity index (χ4v) is 5.41. The SMILES string of the molecule is CC1(C)OB(c2cc(-c3cccc4ccccc34)cc3oc4cc5ccccc5cc4c23)OC1(C)C. The van der Waals surface area contributed by atoms with E-state index in [1.165, 1.54) is 21.7 Å². The largest absolute Gasteiger partial charge is 0.495 e. The molecule has 0 N–H and O–H groups in total. The summed E-state index contributed by atoms with van der Waals surface area (Å²) in [4.78, 5) is 0. The third-order valence-corrected chi connectivity index (χ3v) is 8.08. The van der Waals surface area contributed by atoms with Crippen molar-refractivity contribution in [3.8, 4) is 11.1 Å². The molecule has 7 rings (SSSR count). The molecular formula is C32H27BO3. The smallest absolute Gasteiger partial charge is 0.456 e. The van der Waals surface area contributed by atoms with Gasteiger partial charge in [-0.3, -0.25) is 0 Å². The van der Waals surface area contributed by atoms with Gasteiger partial charge < -0.3 is 13.7 Å². The summed E-state index contributed by atoms with van der Waals surface area (Å²) in [6, 6.07) is 32.1. The van der Waals surface area contributed by atoms with Gasteiger partial charge in [-0.2, -0.15) is 0 Å². The summed E-state index contributed by atoms with van der Waals surface area (Å²) in [5.74, 6) is 0. The van der Waals surface area contributed by atoms with Crippen molar-refractivity contribution >= 4 is 56.1 Å². The fraction of sp³-hybridized carbons (Fsp3) is 0.188. The minimum Gasteiger partial charge on any atom is -0.456 e. The monoisotopic (exact) mass is 470 g/mol. The van der Waals surface area contributed by atoms with Crippen molar-refractivity contribution in [1.82, 2.24) is 0 Å². The van der Waals surface area contributed by atoms with Crippen molar-refractivity contribution in [2.24, 2.45) is 0 Å². The molecule has 5 aromatic carbocycles. The van der Waals surface area contributed by atoms with Crippen LogP contribution in [0, 0.1) is 0 Å². The molecule has 0 spiro atoms. The van der Waals surface area contributed by atoms with Gasteiger partial charge in [0.15, 0.2) is 0 Å². The Balaban J connectivity index is 1.55. The summed E-state index contributed by atoms with van der Waals surface area (Å²) in [7, 11) is -0.500. The van der Waals surface area contributed by atoms with E-state index in [2.05, 4.69) is 119 Å². The zero-order valence-electron chi connectivity index (χ0n) is 21.0. The van der Waals surface area contributed by atoms with Crippen LogP contribution in [0.2, 0.25) is 0 Å². The first kappa shape index (κ1) is 21.7. The number of benzene rings is 5. The third kappa shape index (κ3) is 3.15. The van der Waals surface area contributed by atoms with Crippen LogP contribution in [0.15, 0.2) is 95.4 Å². The van der Waals surface area contributed by atoms with E-state index >= 15 is 0 Å². The molecule has 1 fully saturated rings. The molecule has 1 saturated heterocycles. The van der Waals surface area contributed by atoms with Crippen LogP contribution in [-0.2, 0) is 9.31 Å². The van der Waals surface area contributed by atoms with Crippen LogP contribution < -0.4 is 5.46 Å². The summed E-state index contributed by atoms with van der Waals surface area (Å²) >= 11 is 0. The molecule has 6 aromatic rings. The summed E-state index contributed by atoms with van der Waals surface area (Å²) in [6.07, 6.45) is 0. The van der Waals surface area contributed by atoms with Crippen LogP contribution in [0.1, 0.15) is 27.7 Å². The van der Waals surface area contributed by atoms with E-state index in [0.717, 1.165) is 38.4 Å². The van der Waals surface area contributed by atoms with Gasteiger partial charge in [0.2, 0.25) is 0 Å². The molecule has 2 heterocycles. The molecule has 1 aliphatic rings. The first-order chi connectivity index (χ1) is 17.3. The highest BCUT2D eigenvalue weighted by molar-refractivity contribution is 6.66. The highest BCUT2D eigenvalue weighted by Crippen LogP contribution is 2.40. The average Bonchev–Trinajstić information content (AvgIpc) is 3.33. The first-order valence-corrected chi connectivity index (χ1v) is 12.5. The summed E-state index contributed by atoms with van der Waals surface area (Å²) < 4.78 is 19.7. The van der Waals surface area contributed by atoms with Crippen molar-refractivity contribution in [2.75, 3.05) is 0 Å². The maximum absolute atomic E-state index is 6.58. The topological polar surface area (TPSA) is 31.6 Å². The molecular weight excluding hydrogens is 443 g/mol. The lowest BCUT2D eigenvalue weighted by molar-refractivity contribution is 0.00578. The maximum Gasteiger partial charge on any atom is 0.495 e. The van der Waals surface area contributed by atoms with Gasteiger partial charge in [0.1, 0.15) is 11.2 Å². The number of rotatable bonds is 2. The molecule has 0 aliphatic carbocycles. The molecule has 1 aromatic heterocycles. The molecule has 0 amide bonds.